The van der Waals surface area contributed by atoms with E-state index >= 15 is 0 Å². The number of carbonyl (C=O) groups is 1. The first-order valence-electron chi connectivity index (χ1n) is 9.00. The van der Waals surface area contributed by atoms with E-state index in [-0.39, 0.29) is 11.9 Å². The maximum atomic E-state index is 13.0. The van der Waals surface area contributed by atoms with Crippen LogP contribution in [0.3, 0.4) is 0 Å². The monoisotopic (exact) mass is 362 g/mol. The maximum absolute atomic E-state index is 13.0. The second kappa shape index (κ2) is 7.32. The average molecular weight is 362 g/mol. The molecule has 0 unspecified atom stereocenters. The zero-order valence-electron chi connectivity index (χ0n) is 15.5. The molecule has 0 radical (unpaired) electrons. The number of likely N-dealkylation sites (N-methyl/N-ethyl adjacent to an activating group) is 2. The highest BCUT2D eigenvalue weighted by molar-refractivity contribution is 5.82. The van der Waals surface area contributed by atoms with Crippen molar-refractivity contribution in [2.45, 2.75) is 25.6 Å². The molecule has 4 rings (SSSR count). The second-order valence-corrected chi connectivity index (χ2v) is 7.01. The highest BCUT2D eigenvalue weighted by atomic mass is 16.5. The minimum Gasteiger partial charge on any atom is -0.359 e. The standard InChI is InChI=1S/C21H22N4O2/c1-24-13-17-6-4-3-5-16(17)11-20(24)21(26)25(2)14-18-12-19(23-27-18)15-7-9-22-10-8-15/h3-10,12,20H,11,13-14H2,1-2H3/t20-/m1/s1. The van der Waals surface area contributed by atoms with Crippen molar-refractivity contribution in [3.05, 3.63) is 71.7 Å². The minimum absolute atomic E-state index is 0.0915. The van der Waals surface area contributed by atoms with Gasteiger partial charge in [0.05, 0.1) is 12.6 Å². The van der Waals surface area contributed by atoms with Gasteiger partial charge in [0.1, 0.15) is 5.69 Å². The number of nitrogens with zero attached hydrogens (tertiary/aromatic N) is 4. The van der Waals surface area contributed by atoms with Crippen molar-refractivity contribution in [3.8, 4) is 11.3 Å². The molecule has 0 fully saturated rings. The van der Waals surface area contributed by atoms with Crippen LogP contribution in [0, 0.1) is 0 Å². The van der Waals surface area contributed by atoms with Crippen LogP contribution in [0.1, 0.15) is 16.9 Å². The lowest BCUT2D eigenvalue weighted by atomic mass is 9.94. The van der Waals surface area contributed by atoms with Crippen LogP contribution in [0.4, 0.5) is 0 Å². The molecule has 0 saturated heterocycles. The van der Waals surface area contributed by atoms with Gasteiger partial charge < -0.3 is 9.42 Å². The van der Waals surface area contributed by atoms with E-state index in [2.05, 4.69) is 27.2 Å². The molecule has 138 valence electrons. The van der Waals surface area contributed by atoms with Crippen molar-refractivity contribution in [2.24, 2.45) is 0 Å². The predicted octanol–water partition coefficient (Wildman–Crippen LogP) is 2.75. The molecule has 1 aliphatic rings. The SMILES string of the molecule is CN(Cc1cc(-c2ccncc2)no1)C(=O)[C@H]1Cc2ccccc2CN1C. The van der Waals surface area contributed by atoms with E-state index in [1.807, 2.05) is 44.4 Å². The third-order valence-electron chi connectivity index (χ3n) is 5.07. The van der Waals surface area contributed by atoms with Crippen LogP contribution in [0.15, 0.2) is 59.4 Å². The molecule has 0 aliphatic carbocycles. The number of amides is 1. The average Bonchev–Trinajstić information content (AvgIpc) is 3.16. The van der Waals surface area contributed by atoms with Crippen molar-refractivity contribution in [3.63, 3.8) is 0 Å². The Morgan fingerprint density at radius 3 is 2.74 bits per heavy atom. The summed E-state index contributed by atoms with van der Waals surface area (Å²) in [5.74, 6) is 0.755. The minimum atomic E-state index is -0.160. The van der Waals surface area contributed by atoms with Crippen molar-refractivity contribution in [2.75, 3.05) is 14.1 Å². The van der Waals surface area contributed by atoms with Crippen LogP contribution in [-0.4, -0.2) is 46.0 Å². The molecule has 1 aliphatic heterocycles. The summed E-state index contributed by atoms with van der Waals surface area (Å²) in [5, 5.41) is 4.10. The van der Waals surface area contributed by atoms with Gasteiger partial charge in [-0.15, -0.1) is 0 Å². The lowest BCUT2D eigenvalue weighted by Crippen LogP contribution is -2.48. The van der Waals surface area contributed by atoms with Crippen LogP contribution in [0.2, 0.25) is 0 Å². The van der Waals surface area contributed by atoms with Gasteiger partial charge in [0.15, 0.2) is 5.76 Å². The molecule has 1 atom stereocenters. The molecule has 2 aromatic heterocycles. The van der Waals surface area contributed by atoms with Crippen molar-refractivity contribution in [1.29, 1.82) is 0 Å². The van der Waals surface area contributed by atoms with Gasteiger partial charge >= 0.3 is 0 Å². The molecular formula is C21H22N4O2. The number of fused-ring (bicyclic) bond motifs is 1. The molecule has 0 spiro atoms. The fourth-order valence-electron chi connectivity index (χ4n) is 3.54. The Balaban J connectivity index is 1.45. The number of hydrogen-bond donors (Lipinski definition) is 0. The van der Waals surface area contributed by atoms with Crippen LogP contribution in [-0.2, 0) is 24.3 Å². The molecular weight excluding hydrogens is 340 g/mol. The highest BCUT2D eigenvalue weighted by Gasteiger charge is 2.31. The van der Waals surface area contributed by atoms with Gasteiger partial charge in [0.2, 0.25) is 5.91 Å². The number of benzene rings is 1. The van der Waals surface area contributed by atoms with Gasteiger partial charge in [-0.3, -0.25) is 14.7 Å². The van der Waals surface area contributed by atoms with Gasteiger partial charge in [0, 0.05) is 37.6 Å². The van der Waals surface area contributed by atoms with E-state index in [1.54, 1.807) is 17.3 Å². The van der Waals surface area contributed by atoms with Gasteiger partial charge in [-0.1, -0.05) is 29.4 Å². The van der Waals surface area contributed by atoms with Crippen LogP contribution >= 0.6 is 0 Å². The topological polar surface area (TPSA) is 62.5 Å². The third kappa shape index (κ3) is 3.61. The van der Waals surface area contributed by atoms with E-state index in [0.29, 0.717) is 12.3 Å². The normalized spacial score (nSPS) is 16.7. The molecule has 27 heavy (non-hydrogen) atoms. The maximum Gasteiger partial charge on any atom is 0.240 e. The Morgan fingerprint density at radius 1 is 1.22 bits per heavy atom. The number of rotatable bonds is 4. The summed E-state index contributed by atoms with van der Waals surface area (Å²) in [7, 11) is 3.81. The largest absolute Gasteiger partial charge is 0.359 e. The van der Waals surface area contributed by atoms with Crippen LogP contribution in [0.5, 0.6) is 0 Å². The molecule has 1 aromatic carbocycles. The van der Waals surface area contributed by atoms with E-state index in [4.69, 9.17) is 4.52 Å². The molecule has 3 heterocycles. The Labute approximate surface area is 158 Å². The third-order valence-corrected chi connectivity index (χ3v) is 5.07. The highest BCUT2D eigenvalue weighted by Crippen LogP contribution is 2.24. The van der Waals surface area contributed by atoms with Crippen molar-refractivity contribution >= 4 is 5.91 Å². The Morgan fingerprint density at radius 2 is 1.96 bits per heavy atom. The van der Waals surface area contributed by atoms with Crippen LogP contribution in [0.25, 0.3) is 11.3 Å². The summed E-state index contributed by atoms with van der Waals surface area (Å²) in [5.41, 5.74) is 4.24. The molecule has 0 saturated carbocycles. The van der Waals surface area contributed by atoms with E-state index < -0.39 is 0 Å². The first-order chi connectivity index (χ1) is 13.1. The molecule has 3 aromatic rings. The number of aromatic nitrogens is 2. The summed E-state index contributed by atoms with van der Waals surface area (Å²) in [6.07, 6.45) is 4.17. The fraction of sp³-hybridized carbons (Fsp3) is 0.286. The van der Waals surface area contributed by atoms with Crippen molar-refractivity contribution < 1.29 is 9.32 Å². The first-order valence-corrected chi connectivity index (χ1v) is 9.00. The van der Waals surface area contributed by atoms with Gasteiger partial charge in [-0.2, -0.15) is 0 Å². The summed E-state index contributed by atoms with van der Waals surface area (Å²) >= 11 is 0. The molecule has 1 amide bonds. The lowest BCUT2D eigenvalue weighted by Gasteiger charge is -2.35. The Kier molecular flexibility index (Phi) is 4.73. The van der Waals surface area contributed by atoms with E-state index in [9.17, 15) is 4.79 Å². The second-order valence-electron chi connectivity index (χ2n) is 7.01. The summed E-state index contributed by atoms with van der Waals surface area (Å²) in [6, 6.07) is 13.8. The predicted molar refractivity (Wildman–Crippen MR) is 102 cm³/mol. The molecule has 6 heteroatoms. The first kappa shape index (κ1) is 17.4. The van der Waals surface area contributed by atoms with Crippen LogP contribution < -0.4 is 0 Å². The van der Waals surface area contributed by atoms with E-state index in [1.165, 1.54) is 11.1 Å². The van der Waals surface area contributed by atoms with Gasteiger partial charge in [0.25, 0.3) is 0 Å². The van der Waals surface area contributed by atoms with Gasteiger partial charge in [-0.05, 0) is 36.7 Å². The Hall–Kier alpha value is -2.99. The number of hydrogen-bond acceptors (Lipinski definition) is 5. The fourth-order valence-corrected chi connectivity index (χ4v) is 3.54. The quantitative estimate of drug-likeness (QED) is 0.714. The summed E-state index contributed by atoms with van der Waals surface area (Å²) in [4.78, 5) is 20.9. The number of pyridine rings is 1. The Bertz CT molecular complexity index is 938. The van der Waals surface area contributed by atoms with E-state index in [0.717, 1.165) is 24.2 Å². The van der Waals surface area contributed by atoms with Gasteiger partial charge in [-0.25, -0.2) is 0 Å². The smallest absolute Gasteiger partial charge is 0.240 e. The summed E-state index contributed by atoms with van der Waals surface area (Å²) in [6.45, 7) is 1.18. The molecule has 0 N–H and O–H groups in total. The number of carbonyl (C=O) groups excluding carboxylic acids is 1. The summed E-state index contributed by atoms with van der Waals surface area (Å²) < 4.78 is 5.43. The van der Waals surface area contributed by atoms with Crippen molar-refractivity contribution in [1.82, 2.24) is 19.9 Å². The lowest BCUT2D eigenvalue weighted by molar-refractivity contribution is -0.136. The molecule has 0 bridgehead atoms. The zero-order valence-corrected chi connectivity index (χ0v) is 15.5. The zero-order chi connectivity index (χ0) is 18.8. The molecule has 6 nitrogen and oxygen atoms in total.